The molecule has 0 bridgehead atoms. The lowest BCUT2D eigenvalue weighted by molar-refractivity contribution is -0.124. The molecule has 2 aliphatic rings. The van der Waals surface area contributed by atoms with Crippen LogP contribution in [0.3, 0.4) is 0 Å². The van der Waals surface area contributed by atoms with Gasteiger partial charge in [0.05, 0.1) is 12.0 Å². The van der Waals surface area contributed by atoms with Gasteiger partial charge in [0.25, 0.3) is 5.91 Å². The van der Waals surface area contributed by atoms with Crippen molar-refractivity contribution >= 4 is 11.8 Å². The lowest BCUT2D eigenvalue weighted by atomic mass is 9.79. The molecule has 2 amide bonds. The van der Waals surface area contributed by atoms with E-state index in [9.17, 15) is 9.59 Å². The maximum atomic E-state index is 13.5. The Balaban J connectivity index is 1.54. The smallest absolute Gasteiger partial charge is 0.254 e. The first-order valence-corrected chi connectivity index (χ1v) is 10.1. The van der Waals surface area contributed by atoms with Crippen LogP contribution >= 0.6 is 0 Å². The average molecular weight is 415 g/mol. The van der Waals surface area contributed by atoms with Crippen LogP contribution in [-0.4, -0.2) is 35.5 Å². The lowest BCUT2D eigenvalue weighted by Crippen LogP contribution is -2.45. The summed E-state index contributed by atoms with van der Waals surface area (Å²) in [4.78, 5) is 32.2. The number of nitrogens with zero attached hydrogens (tertiary/aromatic N) is 2. The Bertz CT molecular complexity index is 1150. The summed E-state index contributed by atoms with van der Waals surface area (Å²) in [6.07, 6.45) is 3.39. The number of likely N-dealkylation sites (N-methyl/N-ethyl adjacent to an activating group) is 1. The third-order valence-electron chi connectivity index (χ3n) is 5.82. The summed E-state index contributed by atoms with van der Waals surface area (Å²) in [6, 6.07) is 16.1. The first-order valence-electron chi connectivity index (χ1n) is 10.1. The molecule has 0 saturated carbocycles. The highest BCUT2D eigenvalue weighted by Crippen LogP contribution is 2.44. The highest BCUT2D eigenvalue weighted by atomic mass is 16.7. The van der Waals surface area contributed by atoms with E-state index in [1.807, 2.05) is 48.5 Å². The highest BCUT2D eigenvalue weighted by Gasteiger charge is 2.42. The summed E-state index contributed by atoms with van der Waals surface area (Å²) in [7, 11) is 1.73. The number of hydrogen-bond donors (Lipinski definition) is 1. The fraction of sp³-hybridized carbons (Fsp3) is 0.208. The van der Waals surface area contributed by atoms with E-state index < -0.39 is 12.0 Å². The van der Waals surface area contributed by atoms with Crippen LogP contribution in [0.4, 0.5) is 0 Å². The molecule has 0 spiro atoms. The van der Waals surface area contributed by atoms with Crippen LogP contribution in [0.5, 0.6) is 11.5 Å². The number of amides is 2. The minimum atomic E-state index is -0.568. The summed E-state index contributed by atoms with van der Waals surface area (Å²) in [5.74, 6) is 0.449. The van der Waals surface area contributed by atoms with Crippen molar-refractivity contribution in [1.82, 2.24) is 15.2 Å². The monoisotopic (exact) mass is 415 g/mol. The van der Waals surface area contributed by atoms with Crippen molar-refractivity contribution in [3.05, 3.63) is 89.2 Å². The van der Waals surface area contributed by atoms with Gasteiger partial charge in [-0.3, -0.25) is 14.6 Å². The largest absolute Gasteiger partial charge is 0.454 e. The maximum Gasteiger partial charge on any atom is 0.254 e. The zero-order valence-electron chi connectivity index (χ0n) is 16.9. The van der Waals surface area contributed by atoms with Crippen LogP contribution in [0.25, 0.3) is 0 Å². The molecule has 7 heteroatoms. The Kier molecular flexibility index (Phi) is 4.78. The second-order valence-electron chi connectivity index (χ2n) is 7.61. The number of carbonyl (C=O) groups excluding carboxylic acids is 2. The van der Waals surface area contributed by atoms with E-state index in [4.69, 9.17) is 9.47 Å². The van der Waals surface area contributed by atoms with Crippen molar-refractivity contribution in [3.8, 4) is 11.5 Å². The molecule has 1 aromatic heterocycles. The molecule has 2 atom stereocenters. The third-order valence-corrected chi connectivity index (χ3v) is 5.82. The fourth-order valence-corrected chi connectivity index (χ4v) is 4.27. The van der Waals surface area contributed by atoms with Crippen LogP contribution in [0.2, 0.25) is 0 Å². The normalized spacial score (nSPS) is 19.1. The summed E-state index contributed by atoms with van der Waals surface area (Å²) in [5, 5.41) is 3.04. The molecule has 2 aliphatic heterocycles. The maximum absolute atomic E-state index is 13.5. The number of hydrogen-bond acceptors (Lipinski definition) is 5. The Labute approximate surface area is 179 Å². The molecule has 0 unspecified atom stereocenters. The average Bonchev–Trinajstić information content (AvgIpc) is 3.28. The van der Waals surface area contributed by atoms with Gasteiger partial charge in [0.2, 0.25) is 12.7 Å². The van der Waals surface area contributed by atoms with Crippen molar-refractivity contribution in [1.29, 1.82) is 0 Å². The lowest BCUT2D eigenvalue weighted by Gasteiger charge is -2.39. The van der Waals surface area contributed by atoms with E-state index >= 15 is 0 Å². The predicted octanol–water partition coefficient (Wildman–Crippen LogP) is 3.04. The number of aromatic nitrogens is 1. The Morgan fingerprint density at radius 1 is 1.10 bits per heavy atom. The third kappa shape index (κ3) is 3.38. The molecule has 0 radical (unpaired) electrons. The zero-order chi connectivity index (χ0) is 21.4. The van der Waals surface area contributed by atoms with Crippen LogP contribution in [0, 0.1) is 0 Å². The van der Waals surface area contributed by atoms with Crippen molar-refractivity contribution in [2.75, 3.05) is 13.8 Å². The predicted molar refractivity (Wildman–Crippen MR) is 113 cm³/mol. The molecule has 0 fully saturated rings. The van der Waals surface area contributed by atoms with E-state index in [0.717, 1.165) is 16.7 Å². The first-order chi connectivity index (χ1) is 15.1. The van der Waals surface area contributed by atoms with Crippen molar-refractivity contribution in [3.63, 3.8) is 0 Å². The number of nitrogens with one attached hydrogen (secondary N) is 1. The SMILES string of the molecule is CN1C(=O)c2ccccc2[C@H](C(=O)NCc2ccncc2)[C@@H]1c1ccc2c(c1)OCO2. The number of fused-ring (bicyclic) bond motifs is 2. The van der Waals surface area contributed by atoms with Gasteiger partial charge in [0, 0.05) is 31.5 Å². The summed E-state index contributed by atoms with van der Waals surface area (Å²) in [5.41, 5.74) is 3.04. The van der Waals surface area contributed by atoms with Crippen LogP contribution in [-0.2, 0) is 11.3 Å². The van der Waals surface area contributed by atoms with Crippen molar-refractivity contribution < 1.29 is 19.1 Å². The van der Waals surface area contributed by atoms with Gasteiger partial charge in [0.1, 0.15) is 0 Å². The number of benzene rings is 2. The van der Waals surface area contributed by atoms with Gasteiger partial charge in [-0.1, -0.05) is 24.3 Å². The molecular formula is C24H21N3O4. The van der Waals surface area contributed by atoms with Crippen LogP contribution < -0.4 is 14.8 Å². The van der Waals surface area contributed by atoms with E-state index in [2.05, 4.69) is 10.3 Å². The van der Waals surface area contributed by atoms with Gasteiger partial charge < -0.3 is 19.7 Å². The molecule has 5 rings (SSSR count). The van der Waals surface area contributed by atoms with E-state index in [-0.39, 0.29) is 18.6 Å². The van der Waals surface area contributed by atoms with Crippen LogP contribution in [0.1, 0.15) is 39.0 Å². The van der Waals surface area contributed by atoms with Crippen molar-refractivity contribution in [2.24, 2.45) is 0 Å². The van der Waals surface area contributed by atoms with E-state index in [1.165, 1.54) is 0 Å². The van der Waals surface area contributed by atoms with E-state index in [0.29, 0.717) is 23.6 Å². The highest BCUT2D eigenvalue weighted by molar-refractivity contribution is 6.01. The van der Waals surface area contributed by atoms with Gasteiger partial charge in [-0.05, 0) is 47.0 Å². The Hall–Kier alpha value is -3.87. The standard InChI is InChI=1S/C24H21N3O4/c1-27-22(16-6-7-19-20(12-16)31-14-30-19)21(17-4-2-3-5-18(17)24(27)29)23(28)26-13-15-8-10-25-11-9-15/h2-12,21-22H,13-14H2,1H3,(H,26,28)/t21-,22-/m0/s1. The van der Waals surface area contributed by atoms with Crippen LogP contribution in [0.15, 0.2) is 67.0 Å². The molecular weight excluding hydrogens is 394 g/mol. The second kappa shape index (κ2) is 7.75. The Morgan fingerprint density at radius 3 is 2.71 bits per heavy atom. The number of carbonyl (C=O) groups is 2. The van der Waals surface area contributed by atoms with Gasteiger partial charge in [-0.15, -0.1) is 0 Å². The molecule has 3 aromatic rings. The molecule has 0 saturated heterocycles. The summed E-state index contributed by atoms with van der Waals surface area (Å²) in [6.45, 7) is 0.544. The van der Waals surface area contributed by atoms with E-state index in [1.54, 1.807) is 30.4 Å². The van der Waals surface area contributed by atoms with Gasteiger partial charge >= 0.3 is 0 Å². The molecule has 156 valence electrons. The quantitative estimate of drug-likeness (QED) is 0.709. The molecule has 7 nitrogen and oxygen atoms in total. The van der Waals surface area contributed by atoms with Crippen molar-refractivity contribution in [2.45, 2.75) is 18.5 Å². The molecule has 2 aromatic carbocycles. The summed E-state index contributed by atoms with van der Waals surface area (Å²) < 4.78 is 11.0. The second-order valence-corrected chi connectivity index (χ2v) is 7.61. The molecule has 31 heavy (non-hydrogen) atoms. The fourth-order valence-electron chi connectivity index (χ4n) is 4.27. The number of pyridine rings is 1. The summed E-state index contributed by atoms with van der Waals surface area (Å²) >= 11 is 0. The van der Waals surface area contributed by atoms with Gasteiger partial charge in [0.15, 0.2) is 11.5 Å². The topological polar surface area (TPSA) is 80.8 Å². The van der Waals surface area contributed by atoms with Gasteiger partial charge in [-0.2, -0.15) is 0 Å². The number of ether oxygens (including phenoxy) is 2. The zero-order valence-corrected chi connectivity index (χ0v) is 16.9. The van der Waals surface area contributed by atoms with Gasteiger partial charge in [-0.25, -0.2) is 0 Å². The molecule has 1 N–H and O–H groups in total. The number of rotatable bonds is 4. The minimum absolute atomic E-state index is 0.114. The molecule has 3 heterocycles. The molecule has 0 aliphatic carbocycles. The Morgan fingerprint density at radius 2 is 1.87 bits per heavy atom. The first kappa shape index (κ1) is 19.1. The minimum Gasteiger partial charge on any atom is -0.454 e.